The molecule has 0 heterocycles. The van der Waals surface area contributed by atoms with Crippen molar-refractivity contribution >= 4 is 10.1 Å². The molecule has 0 bridgehead atoms. The van der Waals surface area contributed by atoms with E-state index >= 15 is 0 Å². The zero-order valence-corrected chi connectivity index (χ0v) is 10.1. The predicted octanol–water partition coefficient (Wildman–Crippen LogP) is 0.571. The van der Waals surface area contributed by atoms with Crippen molar-refractivity contribution < 1.29 is 35.6 Å². The van der Waals surface area contributed by atoms with Crippen LogP contribution >= 0.6 is 0 Å². The number of benzene rings is 1. The molecule has 6 nitrogen and oxygen atoms in total. The molecule has 0 aliphatic heterocycles. The van der Waals surface area contributed by atoms with Gasteiger partial charge in [-0.15, -0.1) is 0 Å². The molecule has 1 aromatic rings. The molecule has 108 valence electrons. The van der Waals surface area contributed by atoms with Gasteiger partial charge in [0, 0.05) is 0 Å². The van der Waals surface area contributed by atoms with Gasteiger partial charge < -0.3 is 19.8 Å². The monoisotopic (exact) mass is 301 g/mol. The highest BCUT2D eigenvalue weighted by molar-refractivity contribution is 7.87. The lowest BCUT2D eigenvalue weighted by atomic mass is 10.3. The van der Waals surface area contributed by atoms with Crippen LogP contribution in [0.5, 0.6) is 11.5 Å². The van der Waals surface area contributed by atoms with Crippen LogP contribution < -0.4 is 14.7 Å². The van der Waals surface area contributed by atoms with Crippen LogP contribution in [0.25, 0.3) is 0 Å². The third kappa shape index (κ3) is 4.58. The zero-order chi connectivity index (χ0) is 14.7. The van der Waals surface area contributed by atoms with Crippen molar-refractivity contribution in [2.24, 2.45) is 5.73 Å². The fraction of sp³-hybridized carbons (Fsp3) is 0.333. The third-order valence-corrected chi connectivity index (χ3v) is 2.71. The molecule has 0 aliphatic carbocycles. The van der Waals surface area contributed by atoms with Gasteiger partial charge in [-0.2, -0.15) is 21.6 Å². The number of hydrogen-bond acceptors (Lipinski definition) is 6. The van der Waals surface area contributed by atoms with Crippen LogP contribution in [0.2, 0.25) is 0 Å². The van der Waals surface area contributed by atoms with E-state index in [1.807, 2.05) is 0 Å². The molecule has 1 unspecified atom stereocenters. The van der Waals surface area contributed by atoms with Crippen LogP contribution in [0.3, 0.4) is 0 Å². The maximum atomic E-state index is 12.0. The van der Waals surface area contributed by atoms with Crippen LogP contribution in [0.1, 0.15) is 0 Å². The second-order valence-corrected chi connectivity index (χ2v) is 4.87. The minimum atomic E-state index is -5.69. The highest BCUT2D eigenvalue weighted by atomic mass is 32.2. The average Bonchev–Trinajstić information content (AvgIpc) is 2.26. The van der Waals surface area contributed by atoms with Crippen molar-refractivity contribution in [3.63, 3.8) is 0 Å². The number of aliphatic hydroxyl groups is 1. The summed E-state index contributed by atoms with van der Waals surface area (Å²) in [5.74, 6) is -0.334. The van der Waals surface area contributed by atoms with Gasteiger partial charge in [-0.05, 0) is 24.3 Å². The standard InChI is InChI=1S/C9H10F3NO5S/c10-9(11,12)19(15,16)18-7-3-1-6(2-4-7)17-5-8(13)14/h1-4,8,14H,5,13H2. The van der Waals surface area contributed by atoms with Gasteiger partial charge in [-0.1, -0.05) is 0 Å². The van der Waals surface area contributed by atoms with E-state index in [2.05, 4.69) is 4.18 Å². The van der Waals surface area contributed by atoms with Gasteiger partial charge in [0.2, 0.25) is 0 Å². The van der Waals surface area contributed by atoms with Crippen molar-refractivity contribution in [1.82, 2.24) is 0 Å². The number of aliphatic hydroxyl groups excluding tert-OH is 1. The highest BCUT2D eigenvalue weighted by Crippen LogP contribution is 2.27. The molecule has 1 rings (SSSR count). The first-order valence-corrected chi connectivity index (χ1v) is 6.20. The number of rotatable bonds is 5. The Hall–Kier alpha value is -1.52. The van der Waals surface area contributed by atoms with Crippen molar-refractivity contribution in [2.45, 2.75) is 11.7 Å². The first kappa shape index (κ1) is 15.5. The number of hydrogen-bond donors (Lipinski definition) is 2. The summed E-state index contributed by atoms with van der Waals surface area (Å²) in [7, 11) is -5.69. The number of nitrogens with two attached hydrogens (primary N) is 1. The van der Waals surface area contributed by atoms with Crippen LogP contribution in [-0.4, -0.2) is 31.9 Å². The van der Waals surface area contributed by atoms with E-state index < -0.39 is 27.6 Å². The van der Waals surface area contributed by atoms with Gasteiger partial charge in [-0.25, -0.2) is 0 Å². The summed E-state index contributed by atoms with van der Waals surface area (Å²) in [6.07, 6.45) is -1.21. The molecule has 19 heavy (non-hydrogen) atoms. The second kappa shape index (κ2) is 5.63. The summed E-state index contributed by atoms with van der Waals surface area (Å²) in [6.45, 7) is -0.221. The van der Waals surface area contributed by atoms with Gasteiger partial charge in [0.1, 0.15) is 24.3 Å². The Bertz CT molecular complexity index is 512. The molecule has 0 aliphatic rings. The molecule has 0 amide bonds. The van der Waals surface area contributed by atoms with Gasteiger partial charge in [0.15, 0.2) is 0 Å². The summed E-state index contributed by atoms with van der Waals surface area (Å²) in [5, 5.41) is 8.73. The van der Waals surface area contributed by atoms with Crippen molar-refractivity contribution in [2.75, 3.05) is 6.61 Å². The lowest BCUT2D eigenvalue weighted by molar-refractivity contribution is -0.0500. The molecular formula is C9H10F3NO5S. The van der Waals surface area contributed by atoms with E-state index in [1.165, 1.54) is 12.1 Å². The third-order valence-electron chi connectivity index (χ3n) is 1.73. The molecule has 10 heteroatoms. The zero-order valence-electron chi connectivity index (χ0n) is 9.29. The molecule has 0 radical (unpaired) electrons. The number of ether oxygens (including phenoxy) is 1. The topological polar surface area (TPSA) is 98.8 Å². The summed E-state index contributed by atoms with van der Waals surface area (Å²) < 4.78 is 66.3. The molecule has 1 aromatic carbocycles. The number of halogens is 3. The van der Waals surface area contributed by atoms with Gasteiger partial charge in [0.05, 0.1) is 0 Å². The molecule has 0 fully saturated rings. The Morgan fingerprint density at radius 3 is 2.11 bits per heavy atom. The summed E-state index contributed by atoms with van der Waals surface area (Å²) >= 11 is 0. The van der Waals surface area contributed by atoms with Crippen LogP contribution in [0, 0.1) is 0 Å². The lowest BCUT2D eigenvalue weighted by Gasteiger charge is -2.11. The summed E-state index contributed by atoms with van der Waals surface area (Å²) in [6, 6.07) is 4.29. The van der Waals surface area contributed by atoms with Crippen LogP contribution in [-0.2, 0) is 10.1 Å². The molecule has 0 aromatic heterocycles. The van der Waals surface area contributed by atoms with E-state index in [0.717, 1.165) is 12.1 Å². The normalized spacial score (nSPS) is 13.9. The SMILES string of the molecule is NC(O)COc1ccc(OS(=O)(=O)C(F)(F)F)cc1. The Morgan fingerprint density at radius 2 is 1.68 bits per heavy atom. The van der Waals surface area contributed by atoms with Crippen LogP contribution in [0.4, 0.5) is 13.2 Å². The van der Waals surface area contributed by atoms with Crippen molar-refractivity contribution in [3.8, 4) is 11.5 Å². The van der Waals surface area contributed by atoms with E-state index in [0.29, 0.717) is 0 Å². The van der Waals surface area contributed by atoms with E-state index in [-0.39, 0.29) is 12.4 Å². The molecule has 0 saturated carbocycles. The second-order valence-electron chi connectivity index (χ2n) is 3.33. The van der Waals surface area contributed by atoms with Crippen molar-refractivity contribution in [1.29, 1.82) is 0 Å². The molecule has 0 spiro atoms. The average molecular weight is 301 g/mol. The van der Waals surface area contributed by atoms with Gasteiger partial charge in [0.25, 0.3) is 0 Å². The fourth-order valence-electron chi connectivity index (χ4n) is 0.947. The molecule has 1 atom stereocenters. The Kier molecular flexibility index (Phi) is 4.61. The smallest absolute Gasteiger partial charge is 0.489 e. The van der Waals surface area contributed by atoms with E-state index in [9.17, 15) is 21.6 Å². The highest BCUT2D eigenvalue weighted by Gasteiger charge is 2.48. The van der Waals surface area contributed by atoms with E-state index in [1.54, 1.807) is 0 Å². The molecule has 0 saturated heterocycles. The first-order valence-electron chi connectivity index (χ1n) is 4.79. The minimum Gasteiger partial charge on any atom is -0.489 e. The quantitative estimate of drug-likeness (QED) is 0.469. The number of alkyl halides is 3. The van der Waals surface area contributed by atoms with Gasteiger partial charge in [-0.3, -0.25) is 0 Å². The predicted molar refractivity (Wildman–Crippen MR) is 57.7 cm³/mol. The molecular weight excluding hydrogens is 291 g/mol. The molecule has 3 N–H and O–H groups in total. The Labute approximate surface area is 106 Å². The Morgan fingerprint density at radius 1 is 1.21 bits per heavy atom. The summed E-state index contributed by atoms with van der Waals surface area (Å²) in [5.41, 5.74) is -0.491. The van der Waals surface area contributed by atoms with E-state index in [4.69, 9.17) is 15.6 Å². The van der Waals surface area contributed by atoms with Crippen molar-refractivity contribution in [3.05, 3.63) is 24.3 Å². The fourth-order valence-corrected chi connectivity index (χ4v) is 1.41. The summed E-state index contributed by atoms with van der Waals surface area (Å²) in [4.78, 5) is 0. The lowest BCUT2D eigenvalue weighted by Crippen LogP contribution is -2.28. The Balaban J connectivity index is 2.73. The largest absolute Gasteiger partial charge is 0.534 e. The maximum Gasteiger partial charge on any atom is 0.534 e. The van der Waals surface area contributed by atoms with Gasteiger partial charge >= 0.3 is 15.6 Å². The van der Waals surface area contributed by atoms with Crippen LogP contribution in [0.15, 0.2) is 24.3 Å². The maximum absolute atomic E-state index is 12.0. The minimum absolute atomic E-state index is 0.182. The first-order chi connectivity index (χ1) is 8.62.